The summed E-state index contributed by atoms with van der Waals surface area (Å²) in [4.78, 5) is 0. The van der Waals surface area contributed by atoms with E-state index < -0.39 is 5.92 Å². The van der Waals surface area contributed by atoms with Gasteiger partial charge in [0.1, 0.15) is 0 Å². The van der Waals surface area contributed by atoms with Crippen molar-refractivity contribution in [2.24, 2.45) is 0 Å². The van der Waals surface area contributed by atoms with Gasteiger partial charge in [-0.2, -0.15) is 0 Å². The van der Waals surface area contributed by atoms with E-state index in [1.165, 1.54) is 0 Å². The Morgan fingerprint density at radius 3 is 1.53 bits per heavy atom. The Labute approximate surface area is 95.5 Å². The van der Waals surface area contributed by atoms with E-state index in [1.54, 1.807) is 6.92 Å². The van der Waals surface area contributed by atoms with Crippen LogP contribution in [0.4, 0.5) is 8.78 Å². The van der Waals surface area contributed by atoms with Crippen molar-refractivity contribution < 1.29 is 8.78 Å². The van der Waals surface area contributed by atoms with Crippen LogP contribution in [0.2, 0.25) is 0 Å². The summed E-state index contributed by atoms with van der Waals surface area (Å²) >= 11 is 0. The lowest BCUT2D eigenvalue weighted by atomic mass is 10.1. The minimum atomic E-state index is -2.40. The Kier molecular flexibility index (Phi) is 22.0. The molecule has 0 nitrogen and oxygen atoms in total. The van der Waals surface area contributed by atoms with Gasteiger partial charge in [-0.25, -0.2) is 8.78 Å². The summed E-state index contributed by atoms with van der Waals surface area (Å²) in [6.07, 6.45) is 3.33. The molecule has 0 unspecified atom stereocenters. The SMILES string of the molecule is CC.CC.CCCCCC(F)(F)CCC. The summed E-state index contributed by atoms with van der Waals surface area (Å²) in [5, 5.41) is 0. The van der Waals surface area contributed by atoms with Gasteiger partial charge in [0.05, 0.1) is 0 Å². The number of hydrogen-bond acceptors (Lipinski definition) is 0. The van der Waals surface area contributed by atoms with Crippen LogP contribution in [0.25, 0.3) is 0 Å². The molecule has 0 heterocycles. The summed E-state index contributed by atoms with van der Waals surface area (Å²) in [5.41, 5.74) is 0. The lowest BCUT2D eigenvalue weighted by Crippen LogP contribution is -2.14. The second-order valence-electron chi connectivity index (χ2n) is 3.06. The third-order valence-electron chi connectivity index (χ3n) is 1.76. The van der Waals surface area contributed by atoms with Gasteiger partial charge in [0.15, 0.2) is 0 Å². The predicted molar refractivity (Wildman–Crippen MR) is 66.7 cm³/mol. The molecule has 0 amide bonds. The van der Waals surface area contributed by atoms with Crippen LogP contribution < -0.4 is 0 Å². The lowest BCUT2D eigenvalue weighted by Gasteiger charge is -2.14. The minimum absolute atomic E-state index is 0.0523. The fourth-order valence-corrected chi connectivity index (χ4v) is 1.12. The van der Waals surface area contributed by atoms with Crippen molar-refractivity contribution in [1.82, 2.24) is 0 Å². The smallest absolute Gasteiger partial charge is 0.207 e. The lowest BCUT2D eigenvalue weighted by molar-refractivity contribution is -0.0189. The largest absolute Gasteiger partial charge is 0.248 e. The highest BCUT2D eigenvalue weighted by Gasteiger charge is 2.25. The molecule has 0 fully saturated rings. The molecule has 0 saturated heterocycles. The molecule has 15 heavy (non-hydrogen) atoms. The zero-order chi connectivity index (χ0) is 12.7. The number of halogens is 2. The van der Waals surface area contributed by atoms with Crippen LogP contribution in [0.5, 0.6) is 0 Å². The van der Waals surface area contributed by atoms with Gasteiger partial charge in [0.25, 0.3) is 0 Å². The van der Waals surface area contributed by atoms with Crippen LogP contribution in [0.15, 0.2) is 0 Å². The fourth-order valence-electron chi connectivity index (χ4n) is 1.12. The third kappa shape index (κ3) is 20.1. The number of unbranched alkanes of at least 4 members (excludes halogenated alkanes) is 2. The zero-order valence-electron chi connectivity index (χ0n) is 11.5. The highest BCUT2D eigenvalue weighted by Crippen LogP contribution is 2.26. The van der Waals surface area contributed by atoms with Gasteiger partial charge in [-0.05, 0) is 6.42 Å². The van der Waals surface area contributed by atoms with Crippen LogP contribution >= 0.6 is 0 Å². The van der Waals surface area contributed by atoms with Crippen molar-refractivity contribution in [2.45, 2.75) is 86.0 Å². The number of rotatable bonds is 6. The van der Waals surface area contributed by atoms with E-state index in [9.17, 15) is 8.78 Å². The van der Waals surface area contributed by atoms with Gasteiger partial charge in [-0.1, -0.05) is 60.8 Å². The van der Waals surface area contributed by atoms with Gasteiger partial charge < -0.3 is 0 Å². The molecule has 0 aliphatic rings. The minimum Gasteiger partial charge on any atom is -0.207 e. The Bertz CT molecular complexity index is 90.5. The van der Waals surface area contributed by atoms with Gasteiger partial charge in [0.2, 0.25) is 5.92 Å². The molecule has 0 bridgehead atoms. The highest BCUT2D eigenvalue weighted by molar-refractivity contribution is 4.64. The van der Waals surface area contributed by atoms with Crippen LogP contribution in [0, 0.1) is 0 Å². The van der Waals surface area contributed by atoms with E-state index in [4.69, 9.17) is 0 Å². The molecule has 0 aromatic heterocycles. The molecular weight excluding hydrogens is 194 g/mol. The first kappa shape index (κ1) is 20.3. The molecule has 0 spiro atoms. The molecule has 0 aliphatic heterocycles. The molecule has 0 rings (SSSR count). The Morgan fingerprint density at radius 2 is 1.20 bits per heavy atom. The van der Waals surface area contributed by atoms with E-state index in [0.717, 1.165) is 12.8 Å². The average molecular weight is 224 g/mol. The molecule has 0 atom stereocenters. The standard InChI is InChI=1S/C9H18F2.2C2H6/c1-3-5-6-8-9(10,11)7-4-2;2*1-2/h3-8H2,1-2H3;2*1-2H3. The first-order valence-corrected chi connectivity index (χ1v) is 6.50. The van der Waals surface area contributed by atoms with Crippen LogP contribution in [-0.2, 0) is 0 Å². The molecule has 0 N–H and O–H groups in total. The summed E-state index contributed by atoms with van der Waals surface area (Å²) in [7, 11) is 0. The van der Waals surface area contributed by atoms with Crippen LogP contribution in [0.1, 0.15) is 80.1 Å². The summed E-state index contributed by atoms with van der Waals surface area (Å²) in [5.74, 6) is -2.40. The monoisotopic (exact) mass is 224 g/mol. The Morgan fingerprint density at radius 1 is 0.733 bits per heavy atom. The average Bonchev–Trinajstić information content (AvgIpc) is 2.24. The molecule has 0 aliphatic carbocycles. The Hall–Kier alpha value is -0.140. The van der Waals surface area contributed by atoms with Gasteiger partial charge in [-0.3, -0.25) is 0 Å². The maximum absolute atomic E-state index is 12.7. The van der Waals surface area contributed by atoms with Crippen molar-refractivity contribution in [3.05, 3.63) is 0 Å². The topological polar surface area (TPSA) is 0 Å². The first-order valence-electron chi connectivity index (χ1n) is 6.50. The van der Waals surface area contributed by atoms with Crippen LogP contribution in [0.3, 0.4) is 0 Å². The predicted octanol–water partition coefficient (Wildman–Crippen LogP) is 6.05. The van der Waals surface area contributed by atoms with E-state index in [0.29, 0.717) is 12.8 Å². The van der Waals surface area contributed by atoms with Crippen molar-refractivity contribution >= 4 is 0 Å². The number of alkyl halides is 2. The normalized spacial score (nSPS) is 9.60. The van der Waals surface area contributed by atoms with Crippen molar-refractivity contribution in [1.29, 1.82) is 0 Å². The molecular formula is C13H30F2. The molecule has 96 valence electrons. The zero-order valence-corrected chi connectivity index (χ0v) is 11.5. The van der Waals surface area contributed by atoms with E-state index in [-0.39, 0.29) is 12.8 Å². The quantitative estimate of drug-likeness (QED) is 0.481. The number of hydrogen-bond donors (Lipinski definition) is 0. The van der Waals surface area contributed by atoms with Gasteiger partial charge >= 0.3 is 0 Å². The molecule has 0 aromatic rings. The Balaban J connectivity index is -0.000000318. The molecule has 0 radical (unpaired) electrons. The maximum Gasteiger partial charge on any atom is 0.248 e. The van der Waals surface area contributed by atoms with E-state index in [2.05, 4.69) is 0 Å². The summed E-state index contributed by atoms with van der Waals surface area (Å²) in [6, 6.07) is 0. The van der Waals surface area contributed by atoms with Crippen LogP contribution in [-0.4, -0.2) is 5.92 Å². The van der Waals surface area contributed by atoms with Gasteiger partial charge in [-0.15, -0.1) is 0 Å². The van der Waals surface area contributed by atoms with Crippen molar-refractivity contribution in [3.63, 3.8) is 0 Å². The fraction of sp³-hybridized carbons (Fsp3) is 1.00. The van der Waals surface area contributed by atoms with E-state index >= 15 is 0 Å². The van der Waals surface area contributed by atoms with Crippen molar-refractivity contribution in [2.75, 3.05) is 0 Å². The summed E-state index contributed by atoms with van der Waals surface area (Å²) < 4.78 is 25.5. The highest BCUT2D eigenvalue weighted by atomic mass is 19.3. The second kappa shape index (κ2) is 16.3. The van der Waals surface area contributed by atoms with Crippen molar-refractivity contribution in [3.8, 4) is 0 Å². The van der Waals surface area contributed by atoms with Gasteiger partial charge in [0, 0.05) is 12.8 Å². The summed E-state index contributed by atoms with van der Waals surface area (Å²) in [6.45, 7) is 11.8. The first-order chi connectivity index (χ1) is 7.12. The maximum atomic E-state index is 12.7. The third-order valence-corrected chi connectivity index (χ3v) is 1.76. The van der Waals surface area contributed by atoms with E-state index in [1.807, 2.05) is 34.6 Å². The molecule has 0 saturated carbocycles. The second-order valence-corrected chi connectivity index (χ2v) is 3.06. The molecule has 0 aromatic carbocycles. The molecule has 2 heteroatoms.